The standard InChI is InChI=1S/C19H18ClN3O2S/c20-15-5-3-13(4-6-15)16(24)12-23-9-7-14(8-10-23)18-21-22-19(26-18)17-2-1-11-25-17/h1-6,11,14H,7-10,12H2. The molecule has 2 aromatic heterocycles. The molecule has 0 saturated carbocycles. The summed E-state index contributed by atoms with van der Waals surface area (Å²) < 4.78 is 5.38. The van der Waals surface area contributed by atoms with Crippen LogP contribution in [0.25, 0.3) is 10.8 Å². The van der Waals surface area contributed by atoms with Crippen molar-refractivity contribution in [2.45, 2.75) is 18.8 Å². The van der Waals surface area contributed by atoms with Gasteiger partial charge in [0.05, 0.1) is 12.8 Å². The lowest BCUT2D eigenvalue weighted by atomic mass is 9.97. The minimum Gasteiger partial charge on any atom is -0.462 e. The van der Waals surface area contributed by atoms with E-state index in [1.165, 1.54) is 0 Å². The Bertz CT molecular complexity index is 869. The molecule has 1 aliphatic rings. The Labute approximate surface area is 160 Å². The molecular weight excluding hydrogens is 370 g/mol. The molecule has 1 aromatic carbocycles. The summed E-state index contributed by atoms with van der Waals surface area (Å²) in [5.74, 6) is 1.30. The summed E-state index contributed by atoms with van der Waals surface area (Å²) in [5.41, 5.74) is 0.712. The Morgan fingerprint density at radius 3 is 2.65 bits per heavy atom. The zero-order chi connectivity index (χ0) is 17.9. The van der Waals surface area contributed by atoms with Crippen LogP contribution in [0.15, 0.2) is 47.1 Å². The van der Waals surface area contributed by atoms with E-state index in [9.17, 15) is 4.79 Å². The molecule has 3 aromatic rings. The van der Waals surface area contributed by atoms with Gasteiger partial charge in [-0.2, -0.15) is 0 Å². The van der Waals surface area contributed by atoms with Gasteiger partial charge in [0.15, 0.2) is 16.6 Å². The van der Waals surface area contributed by atoms with Crippen LogP contribution in [0.1, 0.15) is 34.1 Å². The number of Topliss-reactive ketones (excluding diaryl/α,β-unsaturated/α-hetero) is 1. The molecule has 0 amide bonds. The molecule has 4 rings (SSSR count). The number of piperidine rings is 1. The maximum absolute atomic E-state index is 12.4. The molecule has 7 heteroatoms. The lowest BCUT2D eigenvalue weighted by Gasteiger charge is -2.30. The summed E-state index contributed by atoms with van der Waals surface area (Å²) in [6.45, 7) is 2.22. The van der Waals surface area contributed by atoms with Crippen LogP contribution >= 0.6 is 22.9 Å². The highest BCUT2D eigenvalue weighted by Crippen LogP contribution is 2.33. The summed E-state index contributed by atoms with van der Waals surface area (Å²) >= 11 is 7.48. The van der Waals surface area contributed by atoms with Crippen LogP contribution in [-0.2, 0) is 0 Å². The van der Waals surface area contributed by atoms with Gasteiger partial charge in [-0.05, 0) is 62.3 Å². The molecule has 1 fully saturated rings. The van der Waals surface area contributed by atoms with E-state index >= 15 is 0 Å². The van der Waals surface area contributed by atoms with Crippen molar-refractivity contribution >= 4 is 28.7 Å². The van der Waals surface area contributed by atoms with E-state index < -0.39 is 0 Å². The van der Waals surface area contributed by atoms with Crippen molar-refractivity contribution in [3.05, 3.63) is 58.3 Å². The maximum Gasteiger partial charge on any atom is 0.183 e. The van der Waals surface area contributed by atoms with Crippen LogP contribution in [0.4, 0.5) is 0 Å². The van der Waals surface area contributed by atoms with Gasteiger partial charge in [0.2, 0.25) is 0 Å². The number of benzene rings is 1. The van der Waals surface area contributed by atoms with Crippen LogP contribution in [0.3, 0.4) is 0 Å². The summed E-state index contributed by atoms with van der Waals surface area (Å²) in [6.07, 6.45) is 3.62. The first kappa shape index (κ1) is 17.4. The molecule has 26 heavy (non-hydrogen) atoms. The van der Waals surface area contributed by atoms with E-state index in [-0.39, 0.29) is 5.78 Å². The second-order valence-corrected chi connectivity index (χ2v) is 7.85. The van der Waals surface area contributed by atoms with Gasteiger partial charge in [-0.15, -0.1) is 10.2 Å². The van der Waals surface area contributed by atoms with Gasteiger partial charge in [-0.1, -0.05) is 22.9 Å². The molecule has 0 spiro atoms. The predicted molar refractivity (Wildman–Crippen MR) is 102 cm³/mol. The van der Waals surface area contributed by atoms with Crippen LogP contribution in [0, 0.1) is 0 Å². The van der Waals surface area contributed by atoms with E-state index in [2.05, 4.69) is 15.1 Å². The fourth-order valence-electron chi connectivity index (χ4n) is 3.17. The van der Waals surface area contributed by atoms with Crippen molar-refractivity contribution in [3.63, 3.8) is 0 Å². The van der Waals surface area contributed by atoms with Gasteiger partial charge < -0.3 is 4.42 Å². The molecule has 5 nitrogen and oxygen atoms in total. The first-order valence-electron chi connectivity index (χ1n) is 8.57. The van der Waals surface area contributed by atoms with Crippen LogP contribution in [0.2, 0.25) is 5.02 Å². The summed E-state index contributed by atoms with van der Waals surface area (Å²) in [5, 5.41) is 11.1. The van der Waals surface area contributed by atoms with Crippen molar-refractivity contribution in [2.24, 2.45) is 0 Å². The lowest BCUT2D eigenvalue weighted by molar-refractivity contribution is 0.0909. The van der Waals surface area contributed by atoms with Crippen molar-refractivity contribution in [2.75, 3.05) is 19.6 Å². The number of carbonyl (C=O) groups excluding carboxylic acids is 1. The van der Waals surface area contributed by atoms with Gasteiger partial charge in [-0.25, -0.2) is 0 Å². The fourth-order valence-corrected chi connectivity index (χ4v) is 4.27. The highest BCUT2D eigenvalue weighted by atomic mass is 35.5. The molecule has 134 valence electrons. The second-order valence-electron chi connectivity index (χ2n) is 6.40. The van der Waals surface area contributed by atoms with Crippen molar-refractivity contribution in [3.8, 4) is 10.8 Å². The average molecular weight is 388 g/mol. The molecule has 0 bridgehead atoms. The van der Waals surface area contributed by atoms with Crippen LogP contribution < -0.4 is 0 Å². The van der Waals surface area contributed by atoms with Gasteiger partial charge in [0, 0.05) is 16.5 Å². The fraction of sp³-hybridized carbons (Fsp3) is 0.316. The smallest absolute Gasteiger partial charge is 0.183 e. The Hall–Kier alpha value is -2.02. The van der Waals surface area contributed by atoms with Gasteiger partial charge in [-0.3, -0.25) is 9.69 Å². The second kappa shape index (κ2) is 7.70. The first-order valence-corrected chi connectivity index (χ1v) is 9.77. The number of furan rings is 1. The minimum absolute atomic E-state index is 0.135. The number of rotatable bonds is 5. The molecule has 0 aliphatic carbocycles. The Morgan fingerprint density at radius 1 is 1.19 bits per heavy atom. The number of hydrogen-bond donors (Lipinski definition) is 0. The number of halogens is 1. The normalized spacial score (nSPS) is 16.0. The lowest BCUT2D eigenvalue weighted by Crippen LogP contribution is -2.36. The molecule has 1 aliphatic heterocycles. The van der Waals surface area contributed by atoms with E-state index in [0.29, 0.717) is 23.0 Å². The number of hydrogen-bond acceptors (Lipinski definition) is 6. The molecular formula is C19H18ClN3O2S. The number of likely N-dealkylation sites (tertiary alicyclic amines) is 1. The predicted octanol–water partition coefficient (Wildman–Crippen LogP) is 4.51. The molecule has 1 saturated heterocycles. The van der Waals surface area contributed by atoms with Gasteiger partial charge in [0.1, 0.15) is 5.01 Å². The number of nitrogens with zero attached hydrogens (tertiary/aromatic N) is 3. The zero-order valence-corrected chi connectivity index (χ0v) is 15.7. The van der Waals surface area contributed by atoms with Crippen molar-refractivity contribution in [1.29, 1.82) is 0 Å². The Morgan fingerprint density at radius 2 is 1.96 bits per heavy atom. The van der Waals surface area contributed by atoms with Crippen molar-refractivity contribution in [1.82, 2.24) is 15.1 Å². The molecule has 3 heterocycles. The quantitative estimate of drug-likeness (QED) is 0.602. The van der Waals surface area contributed by atoms with Gasteiger partial charge in [0.25, 0.3) is 0 Å². The summed E-state index contributed by atoms with van der Waals surface area (Å²) in [4.78, 5) is 14.6. The summed E-state index contributed by atoms with van der Waals surface area (Å²) in [7, 11) is 0. The Kier molecular flexibility index (Phi) is 5.15. The number of carbonyl (C=O) groups is 1. The van der Waals surface area contributed by atoms with Crippen LogP contribution in [-0.4, -0.2) is 40.5 Å². The van der Waals surface area contributed by atoms with E-state index in [1.54, 1.807) is 41.9 Å². The monoisotopic (exact) mass is 387 g/mol. The van der Waals surface area contributed by atoms with E-state index in [1.807, 2.05) is 12.1 Å². The number of aromatic nitrogens is 2. The third-order valence-electron chi connectivity index (χ3n) is 4.64. The largest absolute Gasteiger partial charge is 0.462 e. The Balaban J connectivity index is 1.33. The molecule has 0 atom stereocenters. The van der Waals surface area contributed by atoms with Crippen molar-refractivity contribution < 1.29 is 9.21 Å². The molecule has 0 radical (unpaired) electrons. The average Bonchev–Trinajstić information content (AvgIpc) is 3.34. The SMILES string of the molecule is O=C(CN1CCC(c2nnc(-c3ccco3)s2)CC1)c1ccc(Cl)cc1. The third-order valence-corrected chi connectivity index (χ3v) is 6.00. The maximum atomic E-state index is 12.4. The van der Waals surface area contributed by atoms with E-state index in [0.717, 1.165) is 41.7 Å². The highest BCUT2D eigenvalue weighted by Gasteiger charge is 2.25. The molecule has 0 N–H and O–H groups in total. The van der Waals surface area contributed by atoms with E-state index in [4.69, 9.17) is 16.0 Å². The summed E-state index contributed by atoms with van der Waals surface area (Å²) in [6, 6.07) is 10.8. The topological polar surface area (TPSA) is 59.2 Å². The van der Waals surface area contributed by atoms with Crippen LogP contribution in [0.5, 0.6) is 0 Å². The highest BCUT2D eigenvalue weighted by molar-refractivity contribution is 7.14. The van der Waals surface area contributed by atoms with Gasteiger partial charge >= 0.3 is 0 Å². The first-order chi connectivity index (χ1) is 12.7. The number of ketones is 1. The minimum atomic E-state index is 0.135. The third kappa shape index (κ3) is 3.87. The molecule has 0 unspecified atom stereocenters. The zero-order valence-electron chi connectivity index (χ0n) is 14.1.